The number of hydrogen-bond acceptors (Lipinski definition) is 3. The van der Waals surface area contributed by atoms with Crippen LogP contribution in [0.2, 0.25) is 0 Å². The van der Waals surface area contributed by atoms with Gasteiger partial charge in [-0.2, -0.15) is 5.10 Å². The summed E-state index contributed by atoms with van der Waals surface area (Å²) in [6.45, 7) is 0.589. The molecule has 0 bridgehead atoms. The Morgan fingerprint density at radius 2 is 1.82 bits per heavy atom. The first-order valence-electron chi connectivity index (χ1n) is 10.8. The predicted molar refractivity (Wildman–Crippen MR) is 133 cm³/mol. The molecule has 6 nitrogen and oxygen atoms in total. The molecular weight excluding hydrogens is 424 g/mol. The third-order valence-corrected chi connectivity index (χ3v) is 5.37. The van der Waals surface area contributed by atoms with Gasteiger partial charge in [-0.15, -0.1) is 6.42 Å². The van der Waals surface area contributed by atoms with Crippen molar-refractivity contribution in [2.24, 2.45) is 0 Å². The topological polar surface area (TPSA) is 67.2 Å². The molecule has 4 aromatic rings. The molecule has 4 rings (SSSR count). The Labute approximate surface area is 198 Å². The molecular formula is C28H24N4O2. The van der Waals surface area contributed by atoms with E-state index in [-0.39, 0.29) is 18.4 Å². The second-order valence-corrected chi connectivity index (χ2v) is 7.88. The highest BCUT2D eigenvalue weighted by atomic mass is 16.2. The molecule has 0 aliphatic carbocycles. The standard InChI is InChI=1S/C28H24N4O2/c1-3-21-8-6-9-24(18-21)30-27(33)20-31(2)28(34)26-11-5-4-10-25(26)23-14-12-22(13-15-23)19-32-17-7-16-29-32/h1,4-18H,19-20H2,2H3,(H,30,33). The highest BCUT2D eigenvalue weighted by molar-refractivity contribution is 6.03. The number of nitrogens with zero attached hydrogens (tertiary/aromatic N) is 3. The maximum atomic E-state index is 13.2. The Hall–Kier alpha value is -4.63. The fraction of sp³-hybridized carbons (Fsp3) is 0.107. The molecule has 1 aromatic heterocycles. The number of amides is 2. The van der Waals surface area contributed by atoms with Gasteiger partial charge in [-0.3, -0.25) is 14.3 Å². The zero-order chi connectivity index (χ0) is 23.9. The molecule has 3 aromatic carbocycles. The molecule has 0 spiro atoms. The molecule has 0 aliphatic rings. The number of carbonyl (C=O) groups excluding carboxylic acids is 2. The predicted octanol–water partition coefficient (Wildman–Crippen LogP) is 4.29. The summed E-state index contributed by atoms with van der Waals surface area (Å²) in [4.78, 5) is 27.1. The zero-order valence-corrected chi connectivity index (χ0v) is 18.8. The SMILES string of the molecule is C#Cc1cccc(NC(=O)CN(C)C(=O)c2ccccc2-c2ccc(Cn3cccn3)cc2)c1. The van der Waals surface area contributed by atoms with E-state index in [4.69, 9.17) is 6.42 Å². The molecule has 34 heavy (non-hydrogen) atoms. The van der Waals surface area contributed by atoms with Crippen molar-refractivity contribution in [1.82, 2.24) is 14.7 Å². The maximum absolute atomic E-state index is 13.2. The summed E-state index contributed by atoms with van der Waals surface area (Å²) in [6.07, 6.45) is 9.08. The fourth-order valence-electron chi connectivity index (χ4n) is 3.67. The van der Waals surface area contributed by atoms with E-state index in [1.54, 1.807) is 43.6 Å². The van der Waals surface area contributed by atoms with Crippen molar-refractivity contribution in [2.45, 2.75) is 6.54 Å². The number of hydrogen-bond donors (Lipinski definition) is 1. The molecule has 0 fully saturated rings. The Balaban J connectivity index is 1.46. The van der Waals surface area contributed by atoms with Crippen LogP contribution in [0.1, 0.15) is 21.5 Å². The Morgan fingerprint density at radius 1 is 1.03 bits per heavy atom. The monoisotopic (exact) mass is 448 g/mol. The van der Waals surface area contributed by atoms with E-state index in [0.717, 1.165) is 16.7 Å². The van der Waals surface area contributed by atoms with Crippen LogP contribution in [0.5, 0.6) is 0 Å². The van der Waals surface area contributed by atoms with Crippen LogP contribution in [0.25, 0.3) is 11.1 Å². The smallest absolute Gasteiger partial charge is 0.254 e. The van der Waals surface area contributed by atoms with Gasteiger partial charge in [0.2, 0.25) is 5.91 Å². The minimum Gasteiger partial charge on any atom is -0.332 e. The third-order valence-electron chi connectivity index (χ3n) is 5.37. The van der Waals surface area contributed by atoms with Gasteiger partial charge in [-0.1, -0.05) is 54.5 Å². The quantitative estimate of drug-likeness (QED) is 0.429. The van der Waals surface area contributed by atoms with Crippen molar-refractivity contribution in [3.63, 3.8) is 0 Å². The molecule has 2 amide bonds. The summed E-state index contributed by atoms with van der Waals surface area (Å²) in [5.41, 5.74) is 4.65. The average molecular weight is 449 g/mol. The van der Waals surface area contributed by atoms with Gasteiger partial charge in [-0.05, 0) is 47.0 Å². The highest BCUT2D eigenvalue weighted by Crippen LogP contribution is 2.25. The summed E-state index contributed by atoms with van der Waals surface area (Å²) in [5.74, 6) is 2.00. The van der Waals surface area contributed by atoms with Gasteiger partial charge in [0.15, 0.2) is 0 Å². The van der Waals surface area contributed by atoms with Crippen molar-refractivity contribution in [3.05, 3.63) is 108 Å². The first-order chi connectivity index (χ1) is 16.5. The van der Waals surface area contributed by atoms with Gasteiger partial charge in [0, 0.05) is 36.3 Å². The van der Waals surface area contributed by atoms with Crippen LogP contribution in [-0.4, -0.2) is 40.1 Å². The minimum atomic E-state index is -0.300. The molecule has 6 heteroatoms. The molecule has 0 saturated heterocycles. The van der Waals surface area contributed by atoms with Crippen LogP contribution in [0, 0.1) is 12.3 Å². The van der Waals surface area contributed by atoms with Crippen molar-refractivity contribution in [1.29, 1.82) is 0 Å². The first-order valence-corrected chi connectivity index (χ1v) is 10.8. The van der Waals surface area contributed by atoms with Gasteiger partial charge in [0.25, 0.3) is 5.91 Å². The lowest BCUT2D eigenvalue weighted by atomic mass is 9.98. The molecule has 0 radical (unpaired) electrons. The number of benzene rings is 3. The van der Waals surface area contributed by atoms with Crippen molar-refractivity contribution >= 4 is 17.5 Å². The van der Waals surface area contributed by atoms with E-state index in [0.29, 0.717) is 23.4 Å². The van der Waals surface area contributed by atoms with E-state index in [1.807, 2.05) is 59.4 Å². The van der Waals surface area contributed by atoms with E-state index < -0.39 is 0 Å². The van der Waals surface area contributed by atoms with E-state index in [2.05, 4.69) is 16.3 Å². The molecule has 1 N–H and O–H groups in total. The molecule has 0 aliphatic heterocycles. The number of aromatic nitrogens is 2. The second kappa shape index (κ2) is 10.3. The highest BCUT2D eigenvalue weighted by Gasteiger charge is 2.19. The van der Waals surface area contributed by atoms with Crippen molar-refractivity contribution < 1.29 is 9.59 Å². The molecule has 0 atom stereocenters. The summed E-state index contributed by atoms with van der Waals surface area (Å²) in [7, 11) is 1.61. The van der Waals surface area contributed by atoms with Crippen LogP contribution in [0.3, 0.4) is 0 Å². The largest absolute Gasteiger partial charge is 0.332 e. The van der Waals surface area contributed by atoms with Gasteiger partial charge in [0.05, 0.1) is 13.1 Å². The molecule has 1 heterocycles. The first kappa shape index (κ1) is 22.6. The second-order valence-electron chi connectivity index (χ2n) is 7.88. The number of terminal acetylenes is 1. The van der Waals surface area contributed by atoms with Crippen LogP contribution >= 0.6 is 0 Å². The Morgan fingerprint density at radius 3 is 2.56 bits per heavy atom. The van der Waals surface area contributed by atoms with Gasteiger partial charge >= 0.3 is 0 Å². The summed E-state index contributed by atoms with van der Waals surface area (Å²) in [5, 5.41) is 7.02. The summed E-state index contributed by atoms with van der Waals surface area (Å²) in [6, 6.07) is 24.4. The van der Waals surface area contributed by atoms with Crippen LogP contribution < -0.4 is 5.32 Å². The van der Waals surface area contributed by atoms with Crippen LogP contribution in [0.4, 0.5) is 5.69 Å². The van der Waals surface area contributed by atoms with Gasteiger partial charge < -0.3 is 10.2 Å². The van der Waals surface area contributed by atoms with Crippen LogP contribution in [-0.2, 0) is 11.3 Å². The lowest BCUT2D eigenvalue weighted by Crippen LogP contribution is -2.35. The lowest BCUT2D eigenvalue weighted by Gasteiger charge is -2.19. The van der Waals surface area contributed by atoms with Gasteiger partial charge in [0.1, 0.15) is 0 Å². The zero-order valence-electron chi connectivity index (χ0n) is 18.8. The Kier molecular flexibility index (Phi) is 6.85. The maximum Gasteiger partial charge on any atom is 0.254 e. The summed E-state index contributed by atoms with van der Waals surface area (Å²) >= 11 is 0. The minimum absolute atomic E-state index is 0.0870. The molecule has 0 saturated carbocycles. The number of nitrogens with one attached hydrogen (secondary N) is 1. The average Bonchev–Trinajstić information content (AvgIpc) is 3.37. The normalized spacial score (nSPS) is 10.4. The fourth-order valence-corrected chi connectivity index (χ4v) is 3.67. The number of likely N-dealkylation sites (N-methyl/N-ethyl adjacent to an activating group) is 1. The van der Waals surface area contributed by atoms with E-state index in [1.165, 1.54) is 4.90 Å². The van der Waals surface area contributed by atoms with E-state index >= 15 is 0 Å². The number of anilines is 1. The molecule has 0 unspecified atom stereocenters. The lowest BCUT2D eigenvalue weighted by molar-refractivity contribution is -0.116. The van der Waals surface area contributed by atoms with Gasteiger partial charge in [-0.25, -0.2) is 0 Å². The Bertz CT molecular complexity index is 1340. The summed E-state index contributed by atoms with van der Waals surface area (Å²) < 4.78 is 1.86. The number of carbonyl (C=O) groups is 2. The van der Waals surface area contributed by atoms with Crippen LogP contribution in [0.15, 0.2) is 91.3 Å². The van der Waals surface area contributed by atoms with Crippen molar-refractivity contribution in [2.75, 3.05) is 18.9 Å². The van der Waals surface area contributed by atoms with E-state index in [9.17, 15) is 9.59 Å². The molecule has 168 valence electrons. The number of rotatable bonds is 7. The van der Waals surface area contributed by atoms with Crippen molar-refractivity contribution in [3.8, 4) is 23.5 Å². The third kappa shape index (κ3) is 5.40.